The minimum absolute atomic E-state index is 0.0136. The van der Waals surface area contributed by atoms with E-state index in [1.807, 2.05) is 16.8 Å². The number of anilines is 3. The van der Waals surface area contributed by atoms with Gasteiger partial charge in [-0.2, -0.15) is 18.3 Å². The largest absolute Gasteiger partial charge is 0.495 e. The van der Waals surface area contributed by atoms with E-state index >= 15 is 0 Å². The van der Waals surface area contributed by atoms with E-state index in [1.54, 1.807) is 58.5 Å². The smallest absolute Gasteiger partial charge is 0.416 e. The van der Waals surface area contributed by atoms with Crippen LogP contribution in [0.15, 0.2) is 73.1 Å². The van der Waals surface area contributed by atoms with Gasteiger partial charge < -0.3 is 35.6 Å². The molecule has 1 saturated carbocycles. The summed E-state index contributed by atoms with van der Waals surface area (Å²) in [6.07, 6.45) is 8.68. The Morgan fingerprint density at radius 3 is 2.29 bits per heavy atom. The normalized spacial score (nSPS) is 20.7. The molecule has 0 radical (unpaired) electrons. The lowest BCUT2D eigenvalue weighted by Crippen LogP contribution is -2.49. The second kappa shape index (κ2) is 23.6. The Morgan fingerprint density at radius 1 is 0.823 bits per heavy atom. The molecule has 20 nitrogen and oxygen atoms in total. The molecule has 1 aliphatic carbocycles. The van der Waals surface area contributed by atoms with Crippen molar-refractivity contribution < 1.29 is 51.4 Å². The number of amides is 7. The van der Waals surface area contributed by atoms with Gasteiger partial charge in [0.15, 0.2) is 0 Å². The van der Waals surface area contributed by atoms with E-state index in [1.165, 1.54) is 12.0 Å². The van der Waals surface area contributed by atoms with E-state index < -0.39 is 23.7 Å². The number of aromatic nitrogens is 4. The monoisotopic (exact) mass is 1090 g/mol. The second-order valence-corrected chi connectivity index (χ2v) is 20.7. The number of nitrogens with two attached hydrogens (primary N) is 1. The number of piperidine rings is 2. The number of carbonyl (C=O) groups excluding carboxylic acids is 6. The van der Waals surface area contributed by atoms with Crippen LogP contribution in [0.2, 0.25) is 0 Å². The van der Waals surface area contributed by atoms with Crippen LogP contribution in [0.1, 0.15) is 109 Å². The number of likely N-dealkylation sites (tertiary alicyclic amines) is 2. The first-order valence-corrected chi connectivity index (χ1v) is 26.9. The van der Waals surface area contributed by atoms with Crippen LogP contribution in [0.3, 0.4) is 0 Å². The molecular formula is C56H63F3N12O8. The number of hydrogen-bond acceptors (Lipinski definition) is 13. The van der Waals surface area contributed by atoms with Crippen LogP contribution in [0.25, 0.3) is 28.2 Å². The Hall–Kier alpha value is -7.92. The summed E-state index contributed by atoms with van der Waals surface area (Å²) in [6, 6.07) is 12.3. The van der Waals surface area contributed by atoms with Crippen molar-refractivity contribution in [1.29, 1.82) is 0 Å². The van der Waals surface area contributed by atoms with Gasteiger partial charge in [-0.3, -0.25) is 43.8 Å². The summed E-state index contributed by atoms with van der Waals surface area (Å²) in [6.45, 7) is 3.40. The lowest BCUT2D eigenvalue weighted by molar-refractivity contribution is -0.137. The summed E-state index contributed by atoms with van der Waals surface area (Å²) in [7, 11) is 1.49. The summed E-state index contributed by atoms with van der Waals surface area (Å²) in [5.74, 6) is -0.912. The van der Waals surface area contributed by atoms with Crippen LogP contribution in [0.5, 0.6) is 5.75 Å². The molecule has 2 atom stereocenters. The third-order valence-electron chi connectivity index (χ3n) is 15.5. The number of halogens is 3. The summed E-state index contributed by atoms with van der Waals surface area (Å²) in [5.41, 5.74) is 9.44. The zero-order valence-electron chi connectivity index (χ0n) is 43.8. The first-order chi connectivity index (χ1) is 38.1. The fourth-order valence-corrected chi connectivity index (χ4v) is 11.3. The number of carbonyl (C=O) groups is 6. The van der Waals surface area contributed by atoms with Crippen LogP contribution in [0, 0.1) is 0 Å². The SMILES string of the molecule is COc1ccc(C(=O)N2CCC(OC3CCN(CC(=O)N4CC/C=C/c5cnc(N)c6c(-c7ccc(C(=O)Nc8cc(C(F)(F)F)ccn8)cc7)nn(c56)[C@@H]5CCC[C@H](C5)NC(=O)CC4)CC3)CC2)cc1N1CCC(=O)NC1=O. The highest BCUT2D eigenvalue weighted by Gasteiger charge is 2.34. The Labute approximate surface area is 453 Å². The van der Waals surface area contributed by atoms with Gasteiger partial charge in [0.05, 0.1) is 54.1 Å². The maximum atomic E-state index is 14.1. The molecular weight excluding hydrogens is 1030 g/mol. The molecule has 4 fully saturated rings. The van der Waals surface area contributed by atoms with Gasteiger partial charge in [0.25, 0.3) is 11.8 Å². The Kier molecular flexibility index (Phi) is 16.3. The van der Waals surface area contributed by atoms with Crippen molar-refractivity contribution in [2.24, 2.45) is 0 Å². The van der Waals surface area contributed by atoms with Gasteiger partial charge >= 0.3 is 12.2 Å². The van der Waals surface area contributed by atoms with Crippen LogP contribution in [0.4, 0.5) is 35.3 Å². The summed E-state index contributed by atoms with van der Waals surface area (Å²) < 4.78 is 54.0. The van der Waals surface area contributed by atoms with Gasteiger partial charge in [0.1, 0.15) is 23.1 Å². The van der Waals surface area contributed by atoms with E-state index in [2.05, 4.69) is 30.8 Å². The first-order valence-electron chi connectivity index (χ1n) is 26.9. The average molecular weight is 1090 g/mol. The highest BCUT2D eigenvalue weighted by Crippen LogP contribution is 2.40. The molecule has 0 unspecified atom stereocenters. The van der Waals surface area contributed by atoms with Gasteiger partial charge in [-0.15, -0.1) is 0 Å². The lowest BCUT2D eigenvalue weighted by Gasteiger charge is -2.37. The van der Waals surface area contributed by atoms with E-state index in [0.717, 1.165) is 61.5 Å². The van der Waals surface area contributed by atoms with Crippen LogP contribution >= 0.6 is 0 Å². The molecule has 0 spiro atoms. The minimum atomic E-state index is -4.60. The van der Waals surface area contributed by atoms with Crippen molar-refractivity contribution in [3.63, 3.8) is 0 Å². The average Bonchev–Trinajstić information content (AvgIpc) is 4.03. The Balaban J connectivity index is 0.757. The number of methoxy groups -OCH3 is 1. The van der Waals surface area contributed by atoms with Crippen molar-refractivity contribution in [2.75, 3.05) is 75.4 Å². The molecule has 23 heteroatoms. The number of nitrogens with zero attached hydrogens (tertiary/aromatic N) is 8. The predicted molar refractivity (Wildman–Crippen MR) is 287 cm³/mol. The lowest BCUT2D eigenvalue weighted by atomic mass is 9.90. The van der Waals surface area contributed by atoms with Gasteiger partial charge in [0.2, 0.25) is 17.7 Å². The molecule has 10 rings (SSSR count). The second-order valence-electron chi connectivity index (χ2n) is 20.7. The maximum Gasteiger partial charge on any atom is 0.416 e. The maximum absolute atomic E-state index is 14.1. The first kappa shape index (κ1) is 54.4. The summed E-state index contributed by atoms with van der Waals surface area (Å²) in [4.78, 5) is 94.4. The molecule has 7 heterocycles. The Bertz CT molecular complexity index is 3150. The van der Waals surface area contributed by atoms with E-state index in [9.17, 15) is 41.9 Å². The van der Waals surface area contributed by atoms with Crippen molar-refractivity contribution in [3.05, 3.63) is 95.3 Å². The molecule has 3 aromatic heterocycles. The topological polar surface area (TPSA) is 240 Å². The molecule has 79 heavy (non-hydrogen) atoms. The number of imide groups is 1. The fourth-order valence-electron chi connectivity index (χ4n) is 11.3. The number of fused-ring (bicyclic) bond motifs is 3. The number of alkyl halides is 3. The number of rotatable bonds is 10. The van der Waals surface area contributed by atoms with Crippen LogP contribution in [-0.2, 0) is 25.3 Å². The van der Waals surface area contributed by atoms with Crippen molar-refractivity contribution in [1.82, 2.24) is 45.1 Å². The molecule has 5 aromatic rings. The van der Waals surface area contributed by atoms with Crippen molar-refractivity contribution >= 4 is 69.9 Å². The summed E-state index contributed by atoms with van der Waals surface area (Å²) in [5, 5.41) is 13.8. The molecule has 416 valence electrons. The number of ether oxygens (including phenoxy) is 2. The summed E-state index contributed by atoms with van der Waals surface area (Å²) >= 11 is 0. The standard InChI is InChI=1S/C56H63F3N12O8/c1-78-44-13-12-36(29-43(44)70-28-20-47(73)65-55(70)77)54(76)69-25-17-42(18-26-69)79-41-15-23-67(24-16-41)33-48(74)68-22-3-2-5-37-32-62-52(60)49-50(66-71(51(37)49)40-7-4-6-39(31-40)63-46(72)19-27-68)34-8-10-35(11-9-34)53(75)64-45-30-38(14-21-61-45)56(57,58)59/h2,5,8-14,21,29-30,32,39-42H,3-4,6-7,15-20,22-28,31,33H2,1H3,(H2,60,62)(H,63,72)(H,61,64,75)(H,65,73,77)/b5-2+/t39-,40-/m1/s1. The van der Waals surface area contributed by atoms with Gasteiger partial charge in [0, 0.05) is 99.3 Å². The number of nitrogen functional groups attached to an aromatic ring is 1. The third-order valence-corrected chi connectivity index (χ3v) is 15.5. The quantitative estimate of drug-likeness (QED) is 0.112. The number of urea groups is 1. The van der Waals surface area contributed by atoms with Crippen molar-refractivity contribution in [2.45, 2.75) is 101 Å². The highest BCUT2D eigenvalue weighted by atomic mass is 19.4. The van der Waals surface area contributed by atoms with E-state index in [0.29, 0.717) is 92.1 Å². The van der Waals surface area contributed by atoms with Gasteiger partial charge in [-0.05, 0) is 100 Å². The van der Waals surface area contributed by atoms with E-state index in [4.69, 9.17) is 20.3 Å². The molecule has 3 saturated heterocycles. The van der Waals surface area contributed by atoms with E-state index in [-0.39, 0.29) is 97.6 Å². The number of pyridine rings is 2. The third kappa shape index (κ3) is 12.5. The fraction of sp³-hybridized carbons (Fsp3) is 0.446. The zero-order chi connectivity index (χ0) is 55.4. The number of hydrogen-bond donors (Lipinski definition) is 4. The molecule has 7 amide bonds. The molecule has 2 aromatic carbocycles. The molecule has 4 aliphatic heterocycles. The van der Waals surface area contributed by atoms with Gasteiger partial charge in [-0.1, -0.05) is 24.3 Å². The minimum Gasteiger partial charge on any atom is -0.495 e. The zero-order valence-corrected chi connectivity index (χ0v) is 43.8. The van der Waals surface area contributed by atoms with Crippen LogP contribution in [-0.4, -0.2) is 148 Å². The van der Waals surface area contributed by atoms with Crippen LogP contribution < -0.4 is 31.3 Å². The number of nitrogens with one attached hydrogen (secondary N) is 3. The highest BCUT2D eigenvalue weighted by molar-refractivity contribution is 6.08. The molecule has 5 aliphatic rings. The van der Waals surface area contributed by atoms with Gasteiger partial charge in [-0.25, -0.2) is 14.8 Å². The molecule has 2 bridgehead atoms. The number of benzene rings is 2. The van der Waals surface area contributed by atoms with Crippen molar-refractivity contribution in [3.8, 4) is 17.0 Å². The molecule has 5 N–H and O–H groups in total. The Morgan fingerprint density at radius 2 is 1.56 bits per heavy atom. The predicted octanol–water partition coefficient (Wildman–Crippen LogP) is 6.82.